The van der Waals surface area contributed by atoms with Crippen molar-refractivity contribution < 1.29 is 19.0 Å². The Labute approximate surface area is 131 Å². The predicted octanol–water partition coefficient (Wildman–Crippen LogP) is 2.93. The van der Waals surface area contributed by atoms with Gasteiger partial charge in [-0.1, -0.05) is 6.07 Å². The lowest BCUT2D eigenvalue weighted by molar-refractivity contribution is 0.0637. The van der Waals surface area contributed by atoms with Gasteiger partial charge in [-0.05, 0) is 30.5 Å². The molecule has 0 saturated carbocycles. The molecule has 0 bridgehead atoms. The summed E-state index contributed by atoms with van der Waals surface area (Å²) in [5.41, 5.74) is -0.810. The second-order valence-electron chi connectivity index (χ2n) is 4.90. The van der Waals surface area contributed by atoms with Crippen molar-refractivity contribution in [2.75, 3.05) is 19.0 Å². The highest BCUT2D eigenvalue weighted by Gasteiger charge is 2.25. The molecule has 0 fully saturated rings. The summed E-state index contributed by atoms with van der Waals surface area (Å²) in [6.45, 7) is 1.67. The minimum atomic E-state index is -1.15. The zero-order valence-electron chi connectivity index (χ0n) is 12.2. The van der Waals surface area contributed by atoms with Gasteiger partial charge in [0.25, 0.3) is 0 Å². The van der Waals surface area contributed by atoms with Gasteiger partial charge >= 0.3 is 6.03 Å². The Hall–Kier alpha value is -2.12. The van der Waals surface area contributed by atoms with Crippen LogP contribution in [0.2, 0.25) is 0 Å². The molecule has 0 aliphatic carbocycles. The lowest BCUT2D eigenvalue weighted by Crippen LogP contribution is -2.40. The van der Waals surface area contributed by atoms with Crippen LogP contribution in [0.1, 0.15) is 11.8 Å². The fraction of sp³-hybridized carbons (Fsp3) is 0.267. The van der Waals surface area contributed by atoms with Crippen molar-refractivity contribution in [3.8, 4) is 5.75 Å². The van der Waals surface area contributed by atoms with Gasteiger partial charge in [0, 0.05) is 10.9 Å². The molecule has 118 valence electrons. The number of carbonyl (C=O) groups excluding carboxylic acids is 1. The lowest BCUT2D eigenvalue weighted by atomic mass is 10.1. The number of amides is 2. The number of hydrogen-bond donors (Lipinski definition) is 3. The number of aliphatic hydroxyl groups is 1. The fourth-order valence-corrected chi connectivity index (χ4v) is 2.65. The summed E-state index contributed by atoms with van der Waals surface area (Å²) in [6, 6.07) is 6.93. The quantitative estimate of drug-likeness (QED) is 0.792. The minimum Gasteiger partial charge on any atom is -0.494 e. The van der Waals surface area contributed by atoms with Crippen LogP contribution in [0.5, 0.6) is 5.75 Å². The van der Waals surface area contributed by atoms with Crippen molar-refractivity contribution in [2.24, 2.45) is 0 Å². The van der Waals surface area contributed by atoms with Crippen LogP contribution in [0.3, 0.4) is 0 Å². The zero-order valence-corrected chi connectivity index (χ0v) is 13.0. The van der Waals surface area contributed by atoms with E-state index in [2.05, 4.69) is 10.6 Å². The first-order valence-corrected chi connectivity index (χ1v) is 7.45. The summed E-state index contributed by atoms with van der Waals surface area (Å²) in [5, 5.41) is 17.3. The van der Waals surface area contributed by atoms with Gasteiger partial charge in [-0.15, -0.1) is 11.3 Å². The van der Waals surface area contributed by atoms with Crippen molar-refractivity contribution >= 4 is 23.1 Å². The Bertz CT molecular complexity index is 644. The Kier molecular flexibility index (Phi) is 4.99. The van der Waals surface area contributed by atoms with E-state index in [1.54, 1.807) is 13.0 Å². The number of carbonyl (C=O) groups is 1. The summed E-state index contributed by atoms with van der Waals surface area (Å²) in [7, 11) is 1.39. The fourth-order valence-electron chi connectivity index (χ4n) is 1.86. The normalized spacial score (nSPS) is 13.3. The molecule has 22 heavy (non-hydrogen) atoms. The number of anilines is 1. The first-order valence-electron chi connectivity index (χ1n) is 6.57. The van der Waals surface area contributed by atoms with Crippen molar-refractivity contribution in [1.82, 2.24) is 5.32 Å². The first kappa shape index (κ1) is 16.3. The molecule has 1 aromatic carbocycles. The van der Waals surface area contributed by atoms with Crippen LogP contribution < -0.4 is 15.4 Å². The van der Waals surface area contributed by atoms with Gasteiger partial charge in [0.05, 0.1) is 19.3 Å². The molecule has 1 heterocycles. The molecular weight excluding hydrogens is 307 g/mol. The first-order chi connectivity index (χ1) is 10.4. The van der Waals surface area contributed by atoms with E-state index in [4.69, 9.17) is 4.74 Å². The van der Waals surface area contributed by atoms with Crippen molar-refractivity contribution in [3.05, 3.63) is 46.4 Å². The number of methoxy groups -OCH3 is 1. The average molecular weight is 324 g/mol. The third-order valence-corrected chi connectivity index (χ3v) is 4.18. The third-order valence-electron chi connectivity index (χ3n) is 3.06. The topological polar surface area (TPSA) is 70.6 Å². The minimum absolute atomic E-state index is 0.0445. The summed E-state index contributed by atoms with van der Waals surface area (Å²) < 4.78 is 18.1. The number of hydrogen-bond acceptors (Lipinski definition) is 4. The maximum atomic E-state index is 13.1. The number of thiophene rings is 1. The van der Waals surface area contributed by atoms with Gasteiger partial charge in [-0.3, -0.25) is 0 Å². The van der Waals surface area contributed by atoms with Gasteiger partial charge < -0.3 is 20.5 Å². The van der Waals surface area contributed by atoms with E-state index in [9.17, 15) is 14.3 Å². The summed E-state index contributed by atoms with van der Waals surface area (Å²) >= 11 is 1.41. The second-order valence-corrected chi connectivity index (χ2v) is 5.85. The average Bonchev–Trinajstić information content (AvgIpc) is 3.02. The largest absolute Gasteiger partial charge is 0.494 e. The Morgan fingerprint density at radius 2 is 2.23 bits per heavy atom. The third kappa shape index (κ3) is 3.96. The summed E-state index contributed by atoms with van der Waals surface area (Å²) in [6.07, 6.45) is 0. The van der Waals surface area contributed by atoms with E-state index in [0.29, 0.717) is 5.69 Å². The molecule has 1 atom stereocenters. The van der Waals surface area contributed by atoms with Crippen LogP contribution in [0.4, 0.5) is 14.9 Å². The van der Waals surface area contributed by atoms with Gasteiger partial charge in [0.2, 0.25) is 0 Å². The Morgan fingerprint density at radius 1 is 1.45 bits per heavy atom. The highest BCUT2D eigenvalue weighted by molar-refractivity contribution is 7.10. The van der Waals surface area contributed by atoms with E-state index in [1.165, 1.54) is 36.6 Å². The van der Waals surface area contributed by atoms with Crippen LogP contribution in [0.15, 0.2) is 35.7 Å². The van der Waals surface area contributed by atoms with Crippen LogP contribution in [0.25, 0.3) is 0 Å². The SMILES string of the molecule is COc1cc(F)ccc1NC(=O)NCC(C)(O)c1cccs1. The van der Waals surface area contributed by atoms with E-state index < -0.39 is 17.4 Å². The molecule has 0 aliphatic rings. The molecule has 2 rings (SSSR count). The number of benzene rings is 1. The number of urea groups is 1. The van der Waals surface area contributed by atoms with E-state index in [1.807, 2.05) is 11.4 Å². The van der Waals surface area contributed by atoms with Gasteiger partial charge in [-0.25, -0.2) is 9.18 Å². The molecule has 2 amide bonds. The molecule has 5 nitrogen and oxygen atoms in total. The maximum Gasteiger partial charge on any atom is 0.319 e. The van der Waals surface area contributed by atoms with Crippen molar-refractivity contribution in [2.45, 2.75) is 12.5 Å². The van der Waals surface area contributed by atoms with E-state index in [-0.39, 0.29) is 12.3 Å². The van der Waals surface area contributed by atoms with Gasteiger partial charge in [0.15, 0.2) is 0 Å². The van der Waals surface area contributed by atoms with Crippen LogP contribution in [-0.2, 0) is 5.60 Å². The van der Waals surface area contributed by atoms with Crippen molar-refractivity contribution in [3.63, 3.8) is 0 Å². The number of nitrogens with one attached hydrogen (secondary N) is 2. The molecule has 0 spiro atoms. The molecule has 1 aromatic heterocycles. The smallest absolute Gasteiger partial charge is 0.319 e. The van der Waals surface area contributed by atoms with Gasteiger partial charge in [-0.2, -0.15) is 0 Å². The molecule has 0 aliphatic heterocycles. The number of halogens is 1. The molecule has 2 aromatic rings. The van der Waals surface area contributed by atoms with Gasteiger partial charge in [0.1, 0.15) is 17.2 Å². The van der Waals surface area contributed by atoms with Crippen LogP contribution in [0, 0.1) is 5.82 Å². The molecule has 3 N–H and O–H groups in total. The highest BCUT2D eigenvalue weighted by Crippen LogP contribution is 2.26. The van der Waals surface area contributed by atoms with E-state index >= 15 is 0 Å². The maximum absolute atomic E-state index is 13.1. The summed E-state index contributed by atoms with van der Waals surface area (Å²) in [4.78, 5) is 12.7. The Balaban J connectivity index is 1.96. The molecule has 1 unspecified atom stereocenters. The second kappa shape index (κ2) is 6.76. The summed E-state index contributed by atoms with van der Waals surface area (Å²) in [5.74, 6) is -0.233. The standard InChI is InChI=1S/C15H17FN2O3S/c1-15(20,13-4-3-7-22-13)9-17-14(19)18-11-6-5-10(16)8-12(11)21-2/h3-8,20H,9H2,1-2H3,(H2,17,18,19). The molecular formula is C15H17FN2O3S. The number of rotatable bonds is 5. The Morgan fingerprint density at radius 3 is 2.86 bits per heavy atom. The van der Waals surface area contributed by atoms with E-state index in [0.717, 1.165) is 4.88 Å². The zero-order chi connectivity index (χ0) is 16.2. The lowest BCUT2D eigenvalue weighted by Gasteiger charge is -2.22. The molecule has 0 radical (unpaired) electrons. The predicted molar refractivity (Wildman–Crippen MR) is 83.9 cm³/mol. The monoisotopic (exact) mass is 324 g/mol. The molecule has 0 saturated heterocycles. The molecule has 7 heteroatoms. The highest BCUT2D eigenvalue weighted by atomic mass is 32.1. The number of ether oxygens (including phenoxy) is 1. The van der Waals surface area contributed by atoms with Crippen molar-refractivity contribution in [1.29, 1.82) is 0 Å². The van der Waals surface area contributed by atoms with Crippen LogP contribution in [-0.4, -0.2) is 24.8 Å². The van der Waals surface area contributed by atoms with Crippen LogP contribution >= 0.6 is 11.3 Å².